The van der Waals surface area contributed by atoms with Crippen molar-refractivity contribution in [1.82, 2.24) is 0 Å². The lowest BCUT2D eigenvalue weighted by Crippen LogP contribution is -2.11. The standard InChI is InChI=1S/C26H34O2/c1-3-4-5-6-7-21-10-14-24(15-11-21)26(27)28-25-18-16-23(17-19-25)22-12-8-20(2)9-13-22/h10-11,14-20,22H,3-9,12-13H2,1-2H3. The lowest BCUT2D eigenvalue weighted by atomic mass is 9.79. The summed E-state index contributed by atoms with van der Waals surface area (Å²) in [5.41, 5.74) is 3.28. The number of esters is 1. The van der Waals surface area contributed by atoms with Crippen LogP contribution in [0.2, 0.25) is 0 Å². The summed E-state index contributed by atoms with van der Waals surface area (Å²) in [5.74, 6) is 1.86. The molecular weight excluding hydrogens is 344 g/mol. The first kappa shape index (κ1) is 20.6. The molecule has 0 bridgehead atoms. The lowest BCUT2D eigenvalue weighted by molar-refractivity contribution is 0.0734. The number of unbranched alkanes of at least 4 members (excludes halogenated alkanes) is 3. The molecule has 2 aromatic rings. The van der Waals surface area contributed by atoms with Gasteiger partial charge in [-0.05, 0) is 72.9 Å². The Hall–Kier alpha value is -2.09. The molecule has 0 aromatic heterocycles. The second kappa shape index (κ2) is 10.5. The topological polar surface area (TPSA) is 26.3 Å². The van der Waals surface area contributed by atoms with Gasteiger partial charge in [-0.15, -0.1) is 0 Å². The molecule has 28 heavy (non-hydrogen) atoms. The van der Waals surface area contributed by atoms with E-state index >= 15 is 0 Å². The molecule has 0 heterocycles. The highest BCUT2D eigenvalue weighted by atomic mass is 16.5. The number of ether oxygens (including phenoxy) is 1. The van der Waals surface area contributed by atoms with Gasteiger partial charge in [0.1, 0.15) is 5.75 Å². The van der Waals surface area contributed by atoms with Gasteiger partial charge < -0.3 is 4.74 Å². The Bertz CT molecular complexity index is 722. The zero-order valence-corrected chi connectivity index (χ0v) is 17.5. The molecule has 2 aromatic carbocycles. The maximum absolute atomic E-state index is 12.4. The van der Waals surface area contributed by atoms with Crippen molar-refractivity contribution >= 4 is 5.97 Å². The lowest BCUT2D eigenvalue weighted by Gasteiger charge is -2.26. The molecule has 0 N–H and O–H groups in total. The van der Waals surface area contributed by atoms with Crippen molar-refractivity contribution < 1.29 is 9.53 Å². The summed E-state index contributed by atoms with van der Waals surface area (Å²) in [6.07, 6.45) is 11.3. The third-order valence-corrected chi connectivity index (χ3v) is 6.09. The van der Waals surface area contributed by atoms with Crippen molar-refractivity contribution in [3.05, 3.63) is 65.2 Å². The minimum atomic E-state index is -0.281. The van der Waals surface area contributed by atoms with Gasteiger partial charge in [0.2, 0.25) is 0 Å². The van der Waals surface area contributed by atoms with Crippen LogP contribution in [-0.2, 0) is 6.42 Å². The number of carbonyl (C=O) groups is 1. The quantitative estimate of drug-likeness (QED) is 0.273. The maximum atomic E-state index is 12.4. The minimum Gasteiger partial charge on any atom is -0.423 e. The molecule has 1 saturated carbocycles. The molecule has 1 aliphatic rings. The van der Waals surface area contributed by atoms with Crippen LogP contribution in [-0.4, -0.2) is 5.97 Å². The van der Waals surface area contributed by atoms with E-state index in [1.807, 2.05) is 24.3 Å². The van der Waals surface area contributed by atoms with Crippen molar-refractivity contribution in [2.24, 2.45) is 5.92 Å². The molecule has 0 aliphatic heterocycles. The number of carbonyl (C=O) groups excluding carboxylic acids is 1. The van der Waals surface area contributed by atoms with E-state index < -0.39 is 0 Å². The van der Waals surface area contributed by atoms with Gasteiger partial charge in [0.05, 0.1) is 5.56 Å². The molecule has 0 saturated heterocycles. The molecule has 1 aliphatic carbocycles. The molecule has 0 atom stereocenters. The SMILES string of the molecule is CCCCCCc1ccc(C(=O)Oc2ccc(C3CCC(C)CC3)cc2)cc1. The molecule has 0 radical (unpaired) electrons. The third kappa shape index (κ3) is 5.95. The van der Waals surface area contributed by atoms with Crippen molar-refractivity contribution in [2.45, 2.75) is 77.6 Å². The van der Waals surface area contributed by atoms with Crippen molar-refractivity contribution in [3.8, 4) is 5.75 Å². The number of hydrogen-bond acceptors (Lipinski definition) is 2. The summed E-state index contributed by atoms with van der Waals surface area (Å²) in [4.78, 5) is 12.4. The normalized spacial score (nSPS) is 19.4. The molecule has 1 fully saturated rings. The van der Waals surface area contributed by atoms with Crippen LogP contribution in [0.1, 0.15) is 92.6 Å². The Morgan fingerprint density at radius 2 is 1.57 bits per heavy atom. The van der Waals surface area contributed by atoms with Gasteiger partial charge in [-0.25, -0.2) is 4.79 Å². The van der Waals surface area contributed by atoms with Gasteiger partial charge in [0.15, 0.2) is 0 Å². The average Bonchev–Trinajstić information content (AvgIpc) is 2.73. The van der Waals surface area contributed by atoms with E-state index in [2.05, 4.69) is 38.1 Å². The number of benzene rings is 2. The van der Waals surface area contributed by atoms with E-state index in [1.54, 1.807) is 0 Å². The molecule has 0 amide bonds. The van der Waals surface area contributed by atoms with Crippen molar-refractivity contribution in [1.29, 1.82) is 0 Å². The fraction of sp³-hybridized carbons (Fsp3) is 0.500. The molecule has 0 unspecified atom stereocenters. The van der Waals surface area contributed by atoms with E-state index in [-0.39, 0.29) is 5.97 Å². The second-order valence-corrected chi connectivity index (χ2v) is 8.42. The van der Waals surface area contributed by atoms with Crippen LogP contribution in [0.15, 0.2) is 48.5 Å². The Labute approximate surface area is 170 Å². The summed E-state index contributed by atoms with van der Waals surface area (Å²) in [6.45, 7) is 4.57. The monoisotopic (exact) mass is 378 g/mol. The highest BCUT2D eigenvalue weighted by molar-refractivity contribution is 5.91. The Morgan fingerprint density at radius 1 is 0.893 bits per heavy atom. The molecule has 150 valence electrons. The summed E-state index contributed by atoms with van der Waals surface area (Å²) in [5, 5.41) is 0. The van der Waals surface area contributed by atoms with Crippen LogP contribution < -0.4 is 4.74 Å². The average molecular weight is 379 g/mol. The van der Waals surface area contributed by atoms with E-state index in [4.69, 9.17) is 4.74 Å². The largest absolute Gasteiger partial charge is 0.423 e. The van der Waals surface area contributed by atoms with Gasteiger partial charge in [-0.1, -0.05) is 70.2 Å². The smallest absolute Gasteiger partial charge is 0.343 e. The van der Waals surface area contributed by atoms with E-state index in [9.17, 15) is 4.79 Å². The summed E-state index contributed by atoms with van der Waals surface area (Å²) in [6, 6.07) is 16.0. The molecule has 0 spiro atoms. The number of aryl methyl sites for hydroxylation is 1. The van der Waals surface area contributed by atoms with Crippen LogP contribution in [0.4, 0.5) is 0 Å². The summed E-state index contributed by atoms with van der Waals surface area (Å²) >= 11 is 0. The molecule has 2 nitrogen and oxygen atoms in total. The third-order valence-electron chi connectivity index (χ3n) is 6.09. The summed E-state index contributed by atoms with van der Waals surface area (Å²) < 4.78 is 5.57. The second-order valence-electron chi connectivity index (χ2n) is 8.42. The van der Waals surface area contributed by atoms with Gasteiger partial charge in [-0.3, -0.25) is 0 Å². The van der Waals surface area contributed by atoms with Crippen LogP contribution in [0.25, 0.3) is 0 Å². The van der Waals surface area contributed by atoms with Crippen LogP contribution in [0, 0.1) is 5.92 Å². The molecule has 2 heteroatoms. The van der Waals surface area contributed by atoms with Crippen LogP contribution in [0.3, 0.4) is 0 Å². The predicted octanol–water partition coefficient (Wildman–Crippen LogP) is 7.32. The number of hydrogen-bond donors (Lipinski definition) is 0. The Morgan fingerprint density at radius 3 is 2.21 bits per heavy atom. The molecule has 3 rings (SSSR count). The Kier molecular flexibility index (Phi) is 7.71. The minimum absolute atomic E-state index is 0.281. The highest BCUT2D eigenvalue weighted by Crippen LogP contribution is 2.36. The molecular formula is C26H34O2. The summed E-state index contributed by atoms with van der Waals surface area (Å²) in [7, 11) is 0. The van der Waals surface area contributed by atoms with E-state index in [0.29, 0.717) is 17.2 Å². The first-order valence-corrected chi connectivity index (χ1v) is 11.1. The van der Waals surface area contributed by atoms with Crippen molar-refractivity contribution in [3.63, 3.8) is 0 Å². The van der Waals surface area contributed by atoms with Gasteiger partial charge in [-0.2, -0.15) is 0 Å². The van der Waals surface area contributed by atoms with Crippen LogP contribution >= 0.6 is 0 Å². The van der Waals surface area contributed by atoms with Gasteiger partial charge in [0, 0.05) is 0 Å². The fourth-order valence-corrected chi connectivity index (χ4v) is 4.13. The van der Waals surface area contributed by atoms with E-state index in [1.165, 1.54) is 62.5 Å². The zero-order valence-electron chi connectivity index (χ0n) is 17.5. The van der Waals surface area contributed by atoms with Gasteiger partial charge in [0.25, 0.3) is 0 Å². The predicted molar refractivity (Wildman–Crippen MR) is 116 cm³/mol. The first-order chi connectivity index (χ1) is 13.7. The van der Waals surface area contributed by atoms with E-state index in [0.717, 1.165) is 12.3 Å². The van der Waals surface area contributed by atoms with Gasteiger partial charge >= 0.3 is 5.97 Å². The first-order valence-electron chi connectivity index (χ1n) is 11.1. The highest BCUT2D eigenvalue weighted by Gasteiger charge is 2.19. The maximum Gasteiger partial charge on any atom is 0.343 e. The zero-order chi connectivity index (χ0) is 19.8. The van der Waals surface area contributed by atoms with Crippen LogP contribution in [0.5, 0.6) is 5.75 Å². The Balaban J connectivity index is 1.51. The van der Waals surface area contributed by atoms with Crippen molar-refractivity contribution in [2.75, 3.05) is 0 Å². The number of rotatable bonds is 8. The fourth-order valence-electron chi connectivity index (χ4n) is 4.13.